The molecule has 3 N–H and O–H groups in total. The van der Waals surface area contributed by atoms with E-state index in [1.807, 2.05) is 0 Å². The van der Waals surface area contributed by atoms with Crippen molar-refractivity contribution >= 4 is 0 Å². The number of nitrogens with zero attached hydrogens (tertiary/aromatic N) is 1. The third kappa shape index (κ3) is 7.71. The molecule has 0 aliphatic carbocycles. The van der Waals surface area contributed by atoms with E-state index in [9.17, 15) is 0 Å². The first kappa shape index (κ1) is 14.9. The van der Waals surface area contributed by atoms with Crippen molar-refractivity contribution in [3.05, 3.63) is 0 Å². The van der Waals surface area contributed by atoms with Gasteiger partial charge in [0.25, 0.3) is 0 Å². The zero-order valence-electron chi connectivity index (χ0n) is 11.3. The van der Waals surface area contributed by atoms with Crippen LogP contribution < -0.4 is 11.1 Å². The maximum Gasteiger partial charge on any atom is 0.0594 e. The molecule has 0 aromatic carbocycles. The fourth-order valence-corrected chi connectivity index (χ4v) is 2.11. The summed E-state index contributed by atoms with van der Waals surface area (Å²) in [6.07, 6.45) is 4.84. The van der Waals surface area contributed by atoms with Gasteiger partial charge >= 0.3 is 0 Å². The highest BCUT2D eigenvalue weighted by molar-refractivity contribution is 4.66. The molecule has 0 bridgehead atoms. The molecule has 1 unspecified atom stereocenters. The number of rotatable bonds is 9. The molecule has 0 aromatic rings. The number of ether oxygens (including phenoxy) is 1. The van der Waals surface area contributed by atoms with Gasteiger partial charge in [0.2, 0.25) is 0 Å². The Bertz CT molecular complexity index is 172. The fraction of sp³-hybridized carbons (Fsp3) is 1.00. The van der Waals surface area contributed by atoms with Crippen LogP contribution in [-0.4, -0.2) is 56.9 Å². The van der Waals surface area contributed by atoms with E-state index in [0.29, 0.717) is 6.04 Å². The summed E-state index contributed by atoms with van der Waals surface area (Å²) in [6.45, 7) is 9.42. The quantitative estimate of drug-likeness (QED) is 0.589. The van der Waals surface area contributed by atoms with Crippen LogP contribution in [0.3, 0.4) is 0 Å². The maximum absolute atomic E-state index is 6.00. The zero-order chi connectivity index (χ0) is 12.3. The van der Waals surface area contributed by atoms with Crippen LogP contribution in [0.1, 0.15) is 32.6 Å². The predicted molar refractivity (Wildman–Crippen MR) is 72.2 cm³/mol. The molecule has 0 spiro atoms. The Kier molecular flexibility index (Phi) is 8.61. The van der Waals surface area contributed by atoms with Gasteiger partial charge in [-0.05, 0) is 25.9 Å². The number of unbranched alkanes of at least 4 members (excludes halogenated alkanes) is 1. The Morgan fingerprint density at radius 2 is 2.06 bits per heavy atom. The molecular weight excluding hydrogens is 214 g/mol. The van der Waals surface area contributed by atoms with Crippen molar-refractivity contribution in [1.29, 1.82) is 0 Å². The first-order valence-electron chi connectivity index (χ1n) is 7.09. The third-order valence-electron chi connectivity index (χ3n) is 3.27. The molecule has 1 saturated heterocycles. The van der Waals surface area contributed by atoms with Crippen LogP contribution in [0.5, 0.6) is 0 Å². The fourth-order valence-electron chi connectivity index (χ4n) is 2.11. The van der Waals surface area contributed by atoms with Crippen molar-refractivity contribution in [2.75, 3.05) is 45.9 Å². The number of nitrogens with one attached hydrogen (secondary N) is 1. The Morgan fingerprint density at radius 3 is 2.76 bits per heavy atom. The van der Waals surface area contributed by atoms with E-state index in [1.54, 1.807) is 0 Å². The second-order valence-corrected chi connectivity index (χ2v) is 4.91. The van der Waals surface area contributed by atoms with Crippen LogP contribution in [0.25, 0.3) is 0 Å². The highest BCUT2D eigenvalue weighted by Gasteiger charge is 2.09. The molecule has 4 heteroatoms. The first-order valence-corrected chi connectivity index (χ1v) is 7.09. The molecule has 0 amide bonds. The lowest BCUT2D eigenvalue weighted by Crippen LogP contribution is -2.39. The SMILES string of the molecule is CCCCC(N)CNCCCN1CCOCC1. The summed E-state index contributed by atoms with van der Waals surface area (Å²) < 4.78 is 5.32. The maximum atomic E-state index is 6.00. The van der Waals surface area contributed by atoms with Gasteiger partial charge < -0.3 is 15.8 Å². The van der Waals surface area contributed by atoms with Gasteiger partial charge in [0.15, 0.2) is 0 Å². The van der Waals surface area contributed by atoms with Gasteiger partial charge in [-0.2, -0.15) is 0 Å². The van der Waals surface area contributed by atoms with Crippen molar-refractivity contribution in [3.63, 3.8) is 0 Å². The topological polar surface area (TPSA) is 50.5 Å². The molecule has 1 atom stereocenters. The number of hydrogen-bond acceptors (Lipinski definition) is 4. The van der Waals surface area contributed by atoms with Gasteiger partial charge in [-0.3, -0.25) is 4.90 Å². The molecule has 1 aliphatic rings. The lowest BCUT2D eigenvalue weighted by atomic mass is 10.1. The average molecular weight is 243 g/mol. The van der Waals surface area contributed by atoms with Crippen molar-refractivity contribution < 1.29 is 4.74 Å². The molecule has 0 radical (unpaired) electrons. The smallest absolute Gasteiger partial charge is 0.0594 e. The lowest BCUT2D eigenvalue weighted by molar-refractivity contribution is 0.0374. The predicted octanol–water partition coefficient (Wildman–Crippen LogP) is 0.816. The van der Waals surface area contributed by atoms with Gasteiger partial charge in [-0.1, -0.05) is 19.8 Å². The van der Waals surface area contributed by atoms with E-state index in [0.717, 1.165) is 45.8 Å². The minimum atomic E-state index is 0.332. The minimum Gasteiger partial charge on any atom is -0.379 e. The molecule has 102 valence electrons. The molecule has 1 fully saturated rings. The van der Waals surface area contributed by atoms with Crippen LogP contribution in [0.15, 0.2) is 0 Å². The number of hydrogen-bond donors (Lipinski definition) is 2. The largest absolute Gasteiger partial charge is 0.379 e. The second kappa shape index (κ2) is 9.83. The summed E-state index contributed by atoms with van der Waals surface area (Å²) in [4.78, 5) is 2.47. The number of nitrogens with two attached hydrogens (primary N) is 1. The molecule has 0 aromatic heterocycles. The molecule has 1 rings (SSSR count). The van der Waals surface area contributed by atoms with Crippen LogP contribution in [-0.2, 0) is 4.74 Å². The lowest BCUT2D eigenvalue weighted by Gasteiger charge is -2.26. The van der Waals surface area contributed by atoms with E-state index in [4.69, 9.17) is 10.5 Å². The Hall–Kier alpha value is -0.160. The van der Waals surface area contributed by atoms with E-state index in [2.05, 4.69) is 17.1 Å². The van der Waals surface area contributed by atoms with E-state index < -0.39 is 0 Å². The van der Waals surface area contributed by atoms with Gasteiger partial charge in [0, 0.05) is 25.7 Å². The summed E-state index contributed by atoms with van der Waals surface area (Å²) >= 11 is 0. The summed E-state index contributed by atoms with van der Waals surface area (Å²) in [5, 5.41) is 3.45. The number of morpholine rings is 1. The summed E-state index contributed by atoms with van der Waals surface area (Å²) in [5.41, 5.74) is 6.00. The van der Waals surface area contributed by atoms with E-state index in [-0.39, 0.29) is 0 Å². The Morgan fingerprint density at radius 1 is 1.29 bits per heavy atom. The van der Waals surface area contributed by atoms with Crippen molar-refractivity contribution in [1.82, 2.24) is 10.2 Å². The van der Waals surface area contributed by atoms with Gasteiger partial charge in [-0.15, -0.1) is 0 Å². The van der Waals surface area contributed by atoms with Crippen LogP contribution in [0.2, 0.25) is 0 Å². The molecule has 0 saturated carbocycles. The molecule has 4 nitrogen and oxygen atoms in total. The monoisotopic (exact) mass is 243 g/mol. The van der Waals surface area contributed by atoms with E-state index in [1.165, 1.54) is 25.8 Å². The normalized spacial score (nSPS) is 19.4. The van der Waals surface area contributed by atoms with Crippen molar-refractivity contribution in [2.45, 2.75) is 38.6 Å². The van der Waals surface area contributed by atoms with Crippen molar-refractivity contribution in [3.8, 4) is 0 Å². The average Bonchev–Trinajstić information content (AvgIpc) is 2.37. The van der Waals surface area contributed by atoms with Gasteiger partial charge in [0.05, 0.1) is 13.2 Å². The van der Waals surface area contributed by atoms with Gasteiger partial charge in [0.1, 0.15) is 0 Å². The Labute approximate surface area is 106 Å². The molecule has 17 heavy (non-hydrogen) atoms. The second-order valence-electron chi connectivity index (χ2n) is 4.91. The zero-order valence-corrected chi connectivity index (χ0v) is 11.3. The van der Waals surface area contributed by atoms with Crippen LogP contribution in [0.4, 0.5) is 0 Å². The summed E-state index contributed by atoms with van der Waals surface area (Å²) in [5.74, 6) is 0. The Balaban J connectivity index is 1.86. The first-order chi connectivity index (χ1) is 8.33. The van der Waals surface area contributed by atoms with Crippen LogP contribution >= 0.6 is 0 Å². The summed E-state index contributed by atoms with van der Waals surface area (Å²) in [7, 11) is 0. The highest BCUT2D eigenvalue weighted by Crippen LogP contribution is 1.98. The van der Waals surface area contributed by atoms with Crippen LogP contribution in [0, 0.1) is 0 Å². The highest BCUT2D eigenvalue weighted by atomic mass is 16.5. The van der Waals surface area contributed by atoms with Crippen molar-refractivity contribution in [2.24, 2.45) is 5.73 Å². The summed E-state index contributed by atoms with van der Waals surface area (Å²) in [6, 6.07) is 0.332. The molecular formula is C13H29N3O. The van der Waals surface area contributed by atoms with Gasteiger partial charge in [-0.25, -0.2) is 0 Å². The molecule has 1 aliphatic heterocycles. The standard InChI is InChI=1S/C13H29N3O/c1-2-3-5-13(14)12-15-6-4-7-16-8-10-17-11-9-16/h13,15H,2-12,14H2,1H3. The minimum absolute atomic E-state index is 0.332. The molecule has 1 heterocycles. The third-order valence-corrected chi connectivity index (χ3v) is 3.27. The van der Waals surface area contributed by atoms with E-state index >= 15 is 0 Å².